The molecule has 6 nitrogen and oxygen atoms in total. The second-order valence-electron chi connectivity index (χ2n) is 7.90. The average molecular weight is 395 g/mol. The van der Waals surface area contributed by atoms with Crippen LogP contribution in [-0.4, -0.2) is 36.5 Å². The maximum absolute atomic E-state index is 12.7. The molecule has 1 heterocycles. The van der Waals surface area contributed by atoms with Gasteiger partial charge in [-0.3, -0.25) is 9.80 Å². The summed E-state index contributed by atoms with van der Waals surface area (Å²) in [6.45, 7) is 18.7. The molecule has 0 atom stereocenters. The predicted molar refractivity (Wildman–Crippen MR) is 112 cm³/mol. The lowest BCUT2D eigenvalue weighted by atomic mass is 10.2. The normalized spacial score (nSPS) is 11.5. The van der Waals surface area contributed by atoms with Crippen LogP contribution in [-0.2, 0) is 9.47 Å². The van der Waals surface area contributed by atoms with Crippen LogP contribution in [0.5, 0.6) is 0 Å². The quantitative estimate of drug-likeness (QED) is 0.589. The van der Waals surface area contributed by atoms with Gasteiger partial charge in [0.15, 0.2) is 0 Å². The topological polar surface area (TPSA) is 59.1 Å². The summed E-state index contributed by atoms with van der Waals surface area (Å²) < 4.78 is 11.0. The summed E-state index contributed by atoms with van der Waals surface area (Å²) in [6, 6.07) is 0. The van der Waals surface area contributed by atoms with E-state index >= 15 is 0 Å². The summed E-state index contributed by atoms with van der Waals surface area (Å²) in [6.07, 6.45) is 2.20. The molecule has 2 amide bonds. The Bertz CT molecular complexity index is 626. The molecule has 0 radical (unpaired) electrons. The molecule has 0 aromatic carbocycles. The van der Waals surface area contributed by atoms with Crippen molar-refractivity contribution < 1.29 is 19.1 Å². The van der Waals surface area contributed by atoms with E-state index in [9.17, 15) is 9.59 Å². The van der Waals surface area contributed by atoms with Gasteiger partial charge in [-0.1, -0.05) is 12.2 Å². The third-order valence-corrected chi connectivity index (χ3v) is 3.77. The number of ether oxygens (including phenoxy) is 2. The zero-order chi connectivity index (χ0) is 20.8. The van der Waals surface area contributed by atoms with E-state index in [1.54, 1.807) is 64.5 Å². The molecule has 0 aliphatic carbocycles. The average Bonchev–Trinajstić information content (AvgIpc) is 2.95. The Hall–Kier alpha value is -2.28. The van der Waals surface area contributed by atoms with Crippen molar-refractivity contribution in [3.05, 3.63) is 36.1 Å². The van der Waals surface area contributed by atoms with Crippen LogP contribution in [0.3, 0.4) is 0 Å². The zero-order valence-electron chi connectivity index (χ0n) is 17.1. The van der Waals surface area contributed by atoms with Gasteiger partial charge >= 0.3 is 12.2 Å². The van der Waals surface area contributed by atoms with Crippen molar-refractivity contribution in [2.24, 2.45) is 0 Å². The number of thiophene rings is 1. The molecule has 0 aliphatic heterocycles. The first-order chi connectivity index (χ1) is 12.4. The zero-order valence-corrected chi connectivity index (χ0v) is 17.9. The first-order valence-electron chi connectivity index (χ1n) is 8.68. The first-order valence-corrected chi connectivity index (χ1v) is 9.63. The SMILES string of the molecule is C=CCN(C(=O)OC(C)(C)C)c1cscc1N(CC=C)C(=O)OC(C)(C)C. The van der Waals surface area contributed by atoms with Gasteiger partial charge in [-0.25, -0.2) is 9.59 Å². The minimum absolute atomic E-state index is 0.245. The third kappa shape index (κ3) is 7.09. The first kappa shape index (κ1) is 22.8. The van der Waals surface area contributed by atoms with Crippen LogP contribution >= 0.6 is 11.3 Å². The van der Waals surface area contributed by atoms with Gasteiger partial charge in [-0.15, -0.1) is 24.5 Å². The number of hydrogen-bond acceptors (Lipinski definition) is 5. The number of anilines is 2. The van der Waals surface area contributed by atoms with E-state index in [2.05, 4.69) is 13.2 Å². The summed E-state index contributed by atoms with van der Waals surface area (Å²) in [5.41, 5.74) is -0.166. The van der Waals surface area contributed by atoms with Crippen LogP contribution in [0, 0.1) is 0 Å². The Balaban J connectivity index is 3.27. The number of carbonyl (C=O) groups excluding carboxylic acids is 2. The molecule has 0 aliphatic rings. The van der Waals surface area contributed by atoms with Crippen molar-refractivity contribution in [3.8, 4) is 0 Å². The van der Waals surface area contributed by atoms with E-state index in [1.165, 1.54) is 21.1 Å². The van der Waals surface area contributed by atoms with Crippen molar-refractivity contribution >= 4 is 34.9 Å². The van der Waals surface area contributed by atoms with Gasteiger partial charge in [0.2, 0.25) is 0 Å². The fourth-order valence-corrected chi connectivity index (χ4v) is 2.94. The van der Waals surface area contributed by atoms with E-state index < -0.39 is 23.4 Å². The van der Waals surface area contributed by atoms with Crippen molar-refractivity contribution in [1.82, 2.24) is 0 Å². The van der Waals surface area contributed by atoms with Crippen LogP contribution in [0.2, 0.25) is 0 Å². The molecule has 0 unspecified atom stereocenters. The van der Waals surface area contributed by atoms with Gasteiger partial charge < -0.3 is 9.47 Å². The van der Waals surface area contributed by atoms with Crippen LogP contribution < -0.4 is 9.80 Å². The number of nitrogens with zero attached hydrogens (tertiary/aromatic N) is 2. The molecule has 0 spiro atoms. The molecule has 0 saturated carbocycles. The maximum atomic E-state index is 12.7. The second kappa shape index (κ2) is 9.08. The highest BCUT2D eigenvalue weighted by Crippen LogP contribution is 2.35. The van der Waals surface area contributed by atoms with Crippen LogP contribution in [0.25, 0.3) is 0 Å². The van der Waals surface area contributed by atoms with Gasteiger partial charge in [0.25, 0.3) is 0 Å². The molecule has 1 rings (SSSR count). The largest absolute Gasteiger partial charge is 0.443 e. The van der Waals surface area contributed by atoms with Crippen LogP contribution in [0.15, 0.2) is 36.1 Å². The van der Waals surface area contributed by atoms with Crippen molar-refractivity contribution in [1.29, 1.82) is 0 Å². The van der Waals surface area contributed by atoms with E-state index in [4.69, 9.17) is 9.47 Å². The number of rotatable bonds is 6. The Morgan fingerprint density at radius 2 is 1.22 bits per heavy atom. The second-order valence-corrected chi connectivity index (χ2v) is 8.65. The molecule has 7 heteroatoms. The Labute approximate surface area is 166 Å². The third-order valence-electron chi connectivity index (χ3n) is 3.05. The summed E-state index contributed by atoms with van der Waals surface area (Å²) in [7, 11) is 0. The smallest absolute Gasteiger partial charge is 0.415 e. The summed E-state index contributed by atoms with van der Waals surface area (Å²) in [4.78, 5) is 28.3. The standard InChI is InChI=1S/C20H30N2O4S/c1-9-11-21(17(23)25-19(3,4)5)15-13-27-14-16(15)22(12-10-2)18(24)26-20(6,7)8/h9-10,13-14H,1-2,11-12H2,3-8H3. The minimum atomic E-state index is -0.640. The van der Waals surface area contributed by atoms with Crippen LogP contribution in [0.4, 0.5) is 21.0 Å². The molecule has 0 fully saturated rings. The summed E-state index contributed by atoms with van der Waals surface area (Å²) >= 11 is 1.38. The van der Waals surface area contributed by atoms with Crippen molar-refractivity contribution in [2.75, 3.05) is 22.9 Å². The fourth-order valence-electron chi connectivity index (χ4n) is 2.12. The lowest BCUT2D eigenvalue weighted by Gasteiger charge is -2.30. The summed E-state index contributed by atoms with van der Waals surface area (Å²) in [5, 5.41) is 3.59. The predicted octanol–water partition coefficient (Wildman–Crippen LogP) is 5.60. The van der Waals surface area contributed by atoms with Gasteiger partial charge in [-0.05, 0) is 41.5 Å². The lowest BCUT2D eigenvalue weighted by Crippen LogP contribution is -2.40. The van der Waals surface area contributed by atoms with Gasteiger partial charge in [-0.2, -0.15) is 0 Å². The number of carbonyl (C=O) groups is 2. The van der Waals surface area contributed by atoms with Crippen LogP contribution in [0.1, 0.15) is 41.5 Å². The Morgan fingerprint density at radius 1 is 0.889 bits per heavy atom. The number of amides is 2. The molecular weight excluding hydrogens is 364 g/mol. The molecule has 0 N–H and O–H groups in total. The fraction of sp³-hybridized carbons (Fsp3) is 0.500. The molecule has 27 heavy (non-hydrogen) atoms. The minimum Gasteiger partial charge on any atom is -0.443 e. The van der Waals surface area contributed by atoms with Crippen molar-refractivity contribution in [2.45, 2.75) is 52.7 Å². The molecule has 1 aromatic heterocycles. The van der Waals surface area contributed by atoms with E-state index in [-0.39, 0.29) is 13.1 Å². The van der Waals surface area contributed by atoms with Crippen molar-refractivity contribution in [3.63, 3.8) is 0 Å². The number of hydrogen-bond donors (Lipinski definition) is 0. The van der Waals surface area contributed by atoms with E-state index in [0.29, 0.717) is 11.4 Å². The highest BCUT2D eigenvalue weighted by molar-refractivity contribution is 7.09. The van der Waals surface area contributed by atoms with Gasteiger partial charge in [0.05, 0.1) is 11.4 Å². The molecule has 150 valence electrons. The molecule has 1 aromatic rings. The Kier molecular flexibility index (Phi) is 7.65. The molecule has 0 bridgehead atoms. The highest BCUT2D eigenvalue weighted by atomic mass is 32.1. The van der Waals surface area contributed by atoms with Gasteiger partial charge in [0.1, 0.15) is 11.2 Å². The molecular formula is C20H30N2O4S. The van der Waals surface area contributed by atoms with E-state index in [0.717, 1.165) is 0 Å². The summed E-state index contributed by atoms with van der Waals surface area (Å²) in [5.74, 6) is 0. The maximum Gasteiger partial charge on any atom is 0.415 e. The monoisotopic (exact) mass is 394 g/mol. The van der Waals surface area contributed by atoms with E-state index in [1.807, 2.05) is 0 Å². The molecule has 0 saturated heterocycles. The highest BCUT2D eigenvalue weighted by Gasteiger charge is 2.30. The Morgan fingerprint density at radius 3 is 1.48 bits per heavy atom. The van der Waals surface area contributed by atoms with Gasteiger partial charge in [0, 0.05) is 23.8 Å². The lowest BCUT2D eigenvalue weighted by molar-refractivity contribution is 0.0567.